The van der Waals surface area contributed by atoms with Crippen LogP contribution in [0.4, 0.5) is 4.79 Å². The van der Waals surface area contributed by atoms with Crippen molar-refractivity contribution in [1.82, 2.24) is 10.2 Å². The number of nitrogens with zero attached hydrogens (tertiary/aromatic N) is 1. The zero-order chi connectivity index (χ0) is 12.3. The second-order valence-corrected chi connectivity index (χ2v) is 4.25. The molecule has 1 amide bonds. The molecule has 2 N–H and O–H groups in total. The molecule has 1 fully saturated rings. The third-order valence-electron chi connectivity index (χ3n) is 3.28. The number of piperazine rings is 1. The van der Waals surface area contributed by atoms with Crippen LogP contribution in [-0.4, -0.2) is 35.7 Å². The fourth-order valence-electron chi connectivity index (χ4n) is 2.39. The molecule has 17 heavy (non-hydrogen) atoms. The highest BCUT2D eigenvalue weighted by molar-refractivity contribution is 5.66. The average Bonchev–Trinajstić information content (AvgIpc) is 2.38. The molecule has 1 aromatic carbocycles. The lowest BCUT2D eigenvalue weighted by molar-refractivity contribution is 0.112. The summed E-state index contributed by atoms with van der Waals surface area (Å²) < 4.78 is 0. The van der Waals surface area contributed by atoms with Crippen LogP contribution in [0.1, 0.15) is 24.1 Å². The number of amides is 1. The Kier molecular flexibility index (Phi) is 3.64. The highest BCUT2D eigenvalue weighted by Gasteiger charge is 2.28. The van der Waals surface area contributed by atoms with Crippen molar-refractivity contribution >= 4 is 6.09 Å². The zero-order valence-corrected chi connectivity index (χ0v) is 10.0. The van der Waals surface area contributed by atoms with Gasteiger partial charge in [-0.15, -0.1) is 0 Å². The lowest BCUT2D eigenvalue weighted by Crippen LogP contribution is -2.48. The average molecular weight is 234 g/mol. The molecule has 1 heterocycles. The molecule has 0 saturated carbocycles. The van der Waals surface area contributed by atoms with Gasteiger partial charge in [0.25, 0.3) is 0 Å². The number of aryl methyl sites for hydroxylation is 1. The molecule has 4 heteroatoms. The fourth-order valence-corrected chi connectivity index (χ4v) is 2.39. The Morgan fingerprint density at radius 3 is 3.00 bits per heavy atom. The third-order valence-corrected chi connectivity index (χ3v) is 3.28. The predicted molar refractivity (Wildman–Crippen MR) is 66.2 cm³/mol. The minimum Gasteiger partial charge on any atom is -0.465 e. The monoisotopic (exact) mass is 234 g/mol. The summed E-state index contributed by atoms with van der Waals surface area (Å²) in [6.07, 6.45) is 0.0996. The van der Waals surface area contributed by atoms with Crippen LogP contribution in [0.15, 0.2) is 24.3 Å². The number of hydrogen-bond donors (Lipinski definition) is 2. The molecule has 0 radical (unpaired) electrons. The predicted octanol–water partition coefficient (Wildman–Crippen LogP) is 1.87. The Labute approximate surface area is 101 Å². The van der Waals surface area contributed by atoms with Crippen molar-refractivity contribution in [2.24, 2.45) is 0 Å². The van der Waals surface area contributed by atoms with Crippen molar-refractivity contribution in [2.75, 3.05) is 19.6 Å². The van der Waals surface area contributed by atoms with E-state index < -0.39 is 6.09 Å². The number of carboxylic acid groups (broad SMARTS) is 1. The Morgan fingerprint density at radius 1 is 1.53 bits per heavy atom. The summed E-state index contributed by atoms with van der Waals surface area (Å²) in [5, 5.41) is 12.5. The molecule has 0 aliphatic carbocycles. The van der Waals surface area contributed by atoms with Crippen LogP contribution >= 0.6 is 0 Å². The summed E-state index contributed by atoms with van der Waals surface area (Å²) in [5.74, 6) is 0. The Hall–Kier alpha value is -1.55. The third kappa shape index (κ3) is 2.42. The smallest absolute Gasteiger partial charge is 0.407 e. The van der Waals surface area contributed by atoms with Crippen LogP contribution in [0.3, 0.4) is 0 Å². The number of carbonyl (C=O) groups is 1. The van der Waals surface area contributed by atoms with E-state index >= 15 is 0 Å². The van der Waals surface area contributed by atoms with Gasteiger partial charge in [-0.25, -0.2) is 4.79 Å². The van der Waals surface area contributed by atoms with Crippen LogP contribution < -0.4 is 5.32 Å². The van der Waals surface area contributed by atoms with Gasteiger partial charge in [-0.05, 0) is 17.5 Å². The topological polar surface area (TPSA) is 52.6 Å². The molecule has 1 saturated heterocycles. The van der Waals surface area contributed by atoms with Crippen LogP contribution in [0.25, 0.3) is 0 Å². The van der Waals surface area contributed by atoms with Crippen LogP contribution in [-0.2, 0) is 6.42 Å². The summed E-state index contributed by atoms with van der Waals surface area (Å²) in [4.78, 5) is 12.8. The molecule has 92 valence electrons. The van der Waals surface area contributed by atoms with Gasteiger partial charge in [0.15, 0.2) is 0 Å². The van der Waals surface area contributed by atoms with Crippen molar-refractivity contribution < 1.29 is 9.90 Å². The first kappa shape index (κ1) is 11.9. The molecule has 1 unspecified atom stereocenters. The van der Waals surface area contributed by atoms with E-state index in [1.54, 1.807) is 0 Å². The van der Waals surface area contributed by atoms with E-state index in [4.69, 9.17) is 0 Å². The summed E-state index contributed by atoms with van der Waals surface area (Å²) in [6.45, 7) is 4.08. The second kappa shape index (κ2) is 5.19. The van der Waals surface area contributed by atoms with E-state index in [-0.39, 0.29) is 6.04 Å². The SMILES string of the molecule is CCc1ccccc1C1CNCCN1C(=O)O. The first-order valence-corrected chi connectivity index (χ1v) is 6.02. The number of nitrogens with one attached hydrogen (secondary N) is 1. The van der Waals surface area contributed by atoms with Gasteiger partial charge in [-0.2, -0.15) is 0 Å². The second-order valence-electron chi connectivity index (χ2n) is 4.25. The highest BCUT2D eigenvalue weighted by Crippen LogP contribution is 2.25. The Morgan fingerprint density at radius 2 is 2.29 bits per heavy atom. The van der Waals surface area contributed by atoms with Gasteiger partial charge in [0.1, 0.15) is 0 Å². The maximum atomic E-state index is 11.2. The summed E-state index contributed by atoms with van der Waals surface area (Å²) >= 11 is 0. The summed E-state index contributed by atoms with van der Waals surface area (Å²) in [7, 11) is 0. The molecule has 1 aromatic rings. The van der Waals surface area contributed by atoms with E-state index in [0.29, 0.717) is 13.1 Å². The van der Waals surface area contributed by atoms with E-state index in [1.807, 2.05) is 18.2 Å². The van der Waals surface area contributed by atoms with E-state index in [1.165, 1.54) is 10.5 Å². The van der Waals surface area contributed by atoms with Gasteiger partial charge in [-0.3, -0.25) is 4.90 Å². The largest absolute Gasteiger partial charge is 0.465 e. The Balaban J connectivity index is 2.32. The quantitative estimate of drug-likeness (QED) is 0.821. The van der Waals surface area contributed by atoms with E-state index in [2.05, 4.69) is 18.3 Å². The lowest BCUT2D eigenvalue weighted by atomic mass is 9.96. The fraction of sp³-hybridized carbons (Fsp3) is 0.462. The molecule has 0 aromatic heterocycles. The van der Waals surface area contributed by atoms with Crippen molar-refractivity contribution in [3.05, 3.63) is 35.4 Å². The number of hydrogen-bond acceptors (Lipinski definition) is 2. The van der Waals surface area contributed by atoms with Crippen LogP contribution in [0.5, 0.6) is 0 Å². The molecule has 0 spiro atoms. The first-order chi connectivity index (χ1) is 8.24. The molecular weight excluding hydrogens is 216 g/mol. The van der Waals surface area contributed by atoms with Crippen molar-refractivity contribution in [1.29, 1.82) is 0 Å². The zero-order valence-electron chi connectivity index (χ0n) is 10.0. The first-order valence-electron chi connectivity index (χ1n) is 6.02. The molecule has 1 aliphatic heterocycles. The van der Waals surface area contributed by atoms with Crippen LogP contribution in [0.2, 0.25) is 0 Å². The van der Waals surface area contributed by atoms with Crippen molar-refractivity contribution in [3.8, 4) is 0 Å². The maximum absolute atomic E-state index is 11.2. The summed E-state index contributed by atoms with van der Waals surface area (Å²) in [5.41, 5.74) is 2.36. The summed E-state index contributed by atoms with van der Waals surface area (Å²) in [6, 6.07) is 8.03. The maximum Gasteiger partial charge on any atom is 0.407 e. The minimum atomic E-state index is -0.831. The molecular formula is C13H18N2O2. The molecule has 1 aliphatic rings. The number of benzene rings is 1. The van der Waals surface area contributed by atoms with Crippen LogP contribution in [0, 0.1) is 0 Å². The molecule has 0 bridgehead atoms. The van der Waals surface area contributed by atoms with Gasteiger partial charge in [0.05, 0.1) is 6.04 Å². The van der Waals surface area contributed by atoms with E-state index in [9.17, 15) is 9.90 Å². The van der Waals surface area contributed by atoms with Crippen molar-refractivity contribution in [2.45, 2.75) is 19.4 Å². The molecule has 1 atom stereocenters. The highest BCUT2D eigenvalue weighted by atomic mass is 16.4. The normalized spacial score (nSPS) is 20.3. The van der Waals surface area contributed by atoms with Gasteiger partial charge in [0.2, 0.25) is 0 Å². The Bertz CT molecular complexity index is 406. The number of rotatable bonds is 2. The van der Waals surface area contributed by atoms with Gasteiger partial charge in [0, 0.05) is 19.6 Å². The minimum absolute atomic E-state index is 0.0580. The molecule has 2 rings (SSSR count). The van der Waals surface area contributed by atoms with Gasteiger partial charge < -0.3 is 10.4 Å². The van der Waals surface area contributed by atoms with Gasteiger partial charge in [-0.1, -0.05) is 31.2 Å². The lowest BCUT2D eigenvalue weighted by Gasteiger charge is -2.35. The standard InChI is InChI=1S/C13H18N2O2/c1-2-10-5-3-4-6-11(10)12-9-14-7-8-15(12)13(16)17/h3-6,12,14H,2,7-9H2,1H3,(H,16,17). The van der Waals surface area contributed by atoms with Gasteiger partial charge >= 0.3 is 6.09 Å². The molecule has 4 nitrogen and oxygen atoms in total. The van der Waals surface area contributed by atoms with Crippen molar-refractivity contribution in [3.63, 3.8) is 0 Å². The van der Waals surface area contributed by atoms with E-state index in [0.717, 1.165) is 18.5 Å².